The molecule has 0 saturated carbocycles. The largest absolute Gasteiger partial charge is 0.297 e. The second kappa shape index (κ2) is 8.28. The van der Waals surface area contributed by atoms with Crippen molar-refractivity contribution in [1.82, 2.24) is 3.96 Å². The highest BCUT2D eigenvalue weighted by atomic mass is 32.2. The van der Waals surface area contributed by atoms with Crippen LogP contribution in [0.5, 0.6) is 0 Å². The maximum atomic E-state index is 13.7. The summed E-state index contributed by atoms with van der Waals surface area (Å²) in [5.74, 6) is -0.709. The summed E-state index contributed by atoms with van der Waals surface area (Å²) in [5, 5.41) is 0.265. The van der Waals surface area contributed by atoms with Crippen LogP contribution in [0.25, 0.3) is 10.9 Å². The number of nitrogens with zero attached hydrogens (tertiary/aromatic N) is 1. The number of aromatic nitrogens is 1. The Labute approximate surface area is 193 Å². The van der Waals surface area contributed by atoms with Crippen LogP contribution in [0.1, 0.15) is 5.56 Å². The van der Waals surface area contributed by atoms with Gasteiger partial charge in [-0.2, -0.15) is 0 Å². The molecule has 0 amide bonds. The zero-order chi connectivity index (χ0) is 24.0. The highest BCUT2D eigenvalue weighted by Crippen LogP contribution is 2.28. The highest BCUT2D eigenvalue weighted by molar-refractivity contribution is 7.93. The molecule has 172 valence electrons. The fourth-order valence-electron chi connectivity index (χ4n) is 3.27. The van der Waals surface area contributed by atoms with Crippen LogP contribution < -0.4 is 14.2 Å². The molecule has 0 bridgehead atoms. The molecule has 8 nitrogen and oxygen atoms in total. The first-order chi connectivity index (χ1) is 15.5. The van der Waals surface area contributed by atoms with Crippen molar-refractivity contribution < 1.29 is 21.2 Å². The molecule has 0 spiro atoms. The van der Waals surface area contributed by atoms with Gasteiger partial charge < -0.3 is 0 Å². The van der Waals surface area contributed by atoms with Gasteiger partial charge in [0.2, 0.25) is 0 Å². The van der Waals surface area contributed by atoms with Crippen LogP contribution in [-0.4, -0.2) is 20.8 Å². The molecular formula is C21H18FN3O5S3. The minimum atomic E-state index is -4.20. The first kappa shape index (κ1) is 23.0. The number of benzene rings is 3. The second-order valence-corrected chi connectivity index (χ2v) is 11.7. The average Bonchev–Trinajstić information content (AvgIpc) is 3.02. The number of fused-ring (bicyclic) bond motifs is 1. The van der Waals surface area contributed by atoms with Gasteiger partial charge in [0, 0.05) is 7.05 Å². The normalized spacial score (nSPS) is 12.1. The SMILES string of the molecule is Cc1cc(F)cc(S(=O)(=O)Nc2ccccc2NS(=O)(=O)c2ccc3c(c2)c(=O)sn3C)c1. The van der Waals surface area contributed by atoms with Crippen molar-refractivity contribution >= 4 is 53.9 Å². The van der Waals surface area contributed by atoms with Crippen LogP contribution >= 0.6 is 11.5 Å². The Balaban J connectivity index is 1.69. The van der Waals surface area contributed by atoms with Crippen molar-refractivity contribution in [3.05, 3.63) is 81.6 Å². The van der Waals surface area contributed by atoms with Crippen molar-refractivity contribution in [2.45, 2.75) is 16.7 Å². The summed E-state index contributed by atoms with van der Waals surface area (Å²) in [6.45, 7) is 1.56. The molecule has 3 aromatic carbocycles. The fraction of sp³-hybridized carbons (Fsp3) is 0.0952. The van der Waals surface area contributed by atoms with Crippen LogP contribution in [0.3, 0.4) is 0 Å². The van der Waals surface area contributed by atoms with Gasteiger partial charge in [0.25, 0.3) is 24.8 Å². The standard InChI is InChI=1S/C21H18FN3O5S3/c1-13-9-14(22)11-16(10-13)33(29,30)24-19-6-4-3-5-18(19)23-32(27,28)15-7-8-20-17(12-15)21(26)31-25(20)2/h3-12,23-24H,1-2H3. The van der Waals surface area contributed by atoms with E-state index in [0.717, 1.165) is 17.6 Å². The van der Waals surface area contributed by atoms with Crippen molar-refractivity contribution in [2.75, 3.05) is 9.44 Å². The van der Waals surface area contributed by atoms with Gasteiger partial charge in [0.1, 0.15) is 5.82 Å². The van der Waals surface area contributed by atoms with Gasteiger partial charge in [-0.3, -0.25) is 18.2 Å². The predicted molar refractivity (Wildman–Crippen MR) is 126 cm³/mol. The molecule has 2 N–H and O–H groups in total. The first-order valence-electron chi connectivity index (χ1n) is 9.48. The summed E-state index contributed by atoms with van der Waals surface area (Å²) < 4.78 is 71.3. The van der Waals surface area contributed by atoms with E-state index in [-0.39, 0.29) is 31.3 Å². The Kier molecular flexibility index (Phi) is 5.76. The lowest BCUT2D eigenvalue weighted by atomic mass is 10.2. The van der Waals surface area contributed by atoms with Crippen molar-refractivity contribution in [2.24, 2.45) is 7.05 Å². The number of aryl methyl sites for hydroxylation is 2. The Bertz CT molecular complexity index is 1640. The van der Waals surface area contributed by atoms with Gasteiger partial charge in [0.05, 0.1) is 32.1 Å². The Hall–Kier alpha value is -3.22. The molecule has 4 aromatic rings. The molecular weight excluding hydrogens is 489 g/mol. The van der Waals surface area contributed by atoms with E-state index in [1.54, 1.807) is 17.9 Å². The summed E-state index contributed by atoms with van der Waals surface area (Å²) >= 11 is 0.957. The molecule has 0 aliphatic carbocycles. The smallest absolute Gasteiger partial charge is 0.262 e. The summed E-state index contributed by atoms with van der Waals surface area (Å²) in [5.41, 5.74) is 0.935. The molecule has 12 heteroatoms. The summed E-state index contributed by atoms with van der Waals surface area (Å²) in [4.78, 5) is 11.7. The Morgan fingerprint density at radius 2 is 1.45 bits per heavy atom. The van der Waals surface area contributed by atoms with Crippen LogP contribution in [0.15, 0.2) is 75.2 Å². The molecule has 1 heterocycles. The Morgan fingerprint density at radius 3 is 2.06 bits per heavy atom. The van der Waals surface area contributed by atoms with Crippen molar-refractivity contribution in [3.63, 3.8) is 0 Å². The number of hydrogen-bond donors (Lipinski definition) is 2. The van der Waals surface area contributed by atoms with E-state index in [1.165, 1.54) is 54.6 Å². The van der Waals surface area contributed by atoms with Gasteiger partial charge in [-0.05, 0) is 72.6 Å². The first-order valence-corrected chi connectivity index (χ1v) is 13.2. The summed E-state index contributed by atoms with van der Waals surface area (Å²) in [7, 11) is -6.66. The molecule has 0 radical (unpaired) electrons. The molecule has 0 aliphatic heterocycles. The van der Waals surface area contributed by atoms with Crippen molar-refractivity contribution in [3.8, 4) is 0 Å². The van der Waals surface area contributed by atoms with Gasteiger partial charge >= 0.3 is 0 Å². The topological polar surface area (TPSA) is 114 Å². The molecule has 1 aromatic heterocycles. The number of sulfonamides is 2. The van der Waals surface area contributed by atoms with Gasteiger partial charge in [-0.25, -0.2) is 21.2 Å². The van der Waals surface area contributed by atoms with E-state index in [9.17, 15) is 26.0 Å². The average molecular weight is 508 g/mol. The minimum absolute atomic E-state index is 0.0347. The maximum Gasteiger partial charge on any atom is 0.262 e. The number of hydrogen-bond acceptors (Lipinski definition) is 6. The molecule has 0 atom stereocenters. The quantitative estimate of drug-likeness (QED) is 0.414. The van der Waals surface area contributed by atoms with E-state index in [2.05, 4.69) is 9.44 Å². The third-order valence-corrected chi connectivity index (χ3v) is 8.36. The molecule has 4 rings (SSSR count). The zero-order valence-corrected chi connectivity index (χ0v) is 19.8. The van der Waals surface area contributed by atoms with Crippen LogP contribution in [0.4, 0.5) is 15.8 Å². The van der Waals surface area contributed by atoms with Gasteiger partial charge in [-0.15, -0.1) is 0 Å². The highest BCUT2D eigenvalue weighted by Gasteiger charge is 2.21. The summed E-state index contributed by atoms with van der Waals surface area (Å²) in [6.07, 6.45) is 0. The van der Waals surface area contributed by atoms with E-state index in [0.29, 0.717) is 11.1 Å². The zero-order valence-electron chi connectivity index (χ0n) is 17.4. The molecule has 0 unspecified atom stereocenters. The molecule has 0 saturated heterocycles. The second-order valence-electron chi connectivity index (χ2n) is 7.28. The summed E-state index contributed by atoms with van der Waals surface area (Å²) in [6, 6.07) is 13.3. The lowest BCUT2D eigenvalue weighted by Crippen LogP contribution is -2.18. The van der Waals surface area contributed by atoms with E-state index in [4.69, 9.17) is 0 Å². The van der Waals surface area contributed by atoms with Crippen LogP contribution in [-0.2, 0) is 27.1 Å². The third kappa shape index (κ3) is 4.63. The fourth-order valence-corrected chi connectivity index (χ4v) is 6.34. The Morgan fingerprint density at radius 1 is 0.848 bits per heavy atom. The lowest BCUT2D eigenvalue weighted by Gasteiger charge is -2.15. The van der Waals surface area contributed by atoms with Crippen LogP contribution in [0.2, 0.25) is 0 Å². The number of halogens is 1. The van der Waals surface area contributed by atoms with Crippen molar-refractivity contribution in [1.29, 1.82) is 0 Å². The third-order valence-electron chi connectivity index (χ3n) is 4.80. The van der Waals surface area contributed by atoms with Gasteiger partial charge in [-0.1, -0.05) is 12.1 Å². The molecule has 0 fully saturated rings. The lowest BCUT2D eigenvalue weighted by molar-refractivity contribution is 0.594. The number of rotatable bonds is 6. The maximum absolute atomic E-state index is 13.7. The number of nitrogens with one attached hydrogen (secondary N) is 2. The van der Waals surface area contributed by atoms with E-state index < -0.39 is 25.9 Å². The van der Waals surface area contributed by atoms with Gasteiger partial charge in [0.15, 0.2) is 0 Å². The minimum Gasteiger partial charge on any atom is -0.297 e. The number of para-hydroxylation sites is 2. The van der Waals surface area contributed by atoms with E-state index in [1.807, 2.05) is 0 Å². The molecule has 33 heavy (non-hydrogen) atoms. The molecule has 0 aliphatic rings. The predicted octanol–water partition coefficient (Wildman–Crippen LogP) is 3.65. The monoisotopic (exact) mass is 507 g/mol. The van der Waals surface area contributed by atoms with Crippen LogP contribution in [0, 0.1) is 12.7 Å². The van der Waals surface area contributed by atoms with E-state index >= 15 is 0 Å². The number of anilines is 2.